The van der Waals surface area contributed by atoms with Gasteiger partial charge >= 0.3 is 6.18 Å². The summed E-state index contributed by atoms with van der Waals surface area (Å²) >= 11 is 0. The molecule has 5 nitrogen and oxygen atoms in total. The summed E-state index contributed by atoms with van der Waals surface area (Å²) < 4.78 is 51.9. The van der Waals surface area contributed by atoms with Gasteiger partial charge in [0, 0.05) is 5.56 Å². The zero-order valence-electron chi connectivity index (χ0n) is 13.4. The van der Waals surface area contributed by atoms with Gasteiger partial charge in [-0.3, -0.25) is 9.59 Å². The minimum atomic E-state index is -4.62. The van der Waals surface area contributed by atoms with Crippen LogP contribution in [-0.4, -0.2) is 23.6 Å². The second-order valence-corrected chi connectivity index (χ2v) is 6.05. The first kappa shape index (κ1) is 17.2. The number of carbonyl (C=O) groups excluding carboxylic acids is 2. The van der Waals surface area contributed by atoms with E-state index in [-0.39, 0.29) is 11.4 Å². The number of alkyl halides is 3. The van der Waals surface area contributed by atoms with E-state index >= 15 is 0 Å². The zero-order chi connectivity index (χ0) is 19.3. The molecule has 0 aromatic heterocycles. The SMILES string of the molecule is O=C1[C@@H]2C(c3ccc(F)cc3)=NO[C@H]2C(=O)N1c1cccc(C(F)(F)F)c1. The van der Waals surface area contributed by atoms with Gasteiger partial charge in [0.15, 0.2) is 0 Å². The third-order valence-corrected chi connectivity index (χ3v) is 4.38. The molecule has 2 heterocycles. The van der Waals surface area contributed by atoms with Crippen molar-refractivity contribution in [2.75, 3.05) is 4.90 Å². The van der Waals surface area contributed by atoms with Gasteiger partial charge in [0.05, 0.1) is 11.3 Å². The van der Waals surface area contributed by atoms with Gasteiger partial charge in [-0.25, -0.2) is 9.29 Å². The summed E-state index contributed by atoms with van der Waals surface area (Å²) in [6.07, 6.45) is -5.87. The van der Waals surface area contributed by atoms with Crippen molar-refractivity contribution in [3.63, 3.8) is 0 Å². The lowest BCUT2D eigenvalue weighted by Crippen LogP contribution is -2.33. The average molecular weight is 378 g/mol. The Morgan fingerprint density at radius 3 is 2.37 bits per heavy atom. The van der Waals surface area contributed by atoms with Crippen molar-refractivity contribution in [2.45, 2.75) is 12.3 Å². The van der Waals surface area contributed by atoms with Crippen molar-refractivity contribution in [1.82, 2.24) is 0 Å². The van der Waals surface area contributed by atoms with E-state index in [0.29, 0.717) is 10.5 Å². The Balaban J connectivity index is 1.69. The number of anilines is 1. The normalized spacial score (nSPS) is 21.9. The lowest BCUT2D eigenvalue weighted by atomic mass is 9.94. The molecule has 0 spiro atoms. The first-order valence-corrected chi connectivity index (χ1v) is 7.82. The average Bonchev–Trinajstić information content (AvgIpc) is 3.16. The molecule has 0 saturated carbocycles. The lowest BCUT2D eigenvalue weighted by molar-refractivity contribution is -0.137. The summed E-state index contributed by atoms with van der Waals surface area (Å²) in [5.74, 6) is -3.14. The number of amides is 2. The maximum Gasteiger partial charge on any atom is 0.416 e. The van der Waals surface area contributed by atoms with Gasteiger partial charge < -0.3 is 4.84 Å². The van der Waals surface area contributed by atoms with Crippen LogP contribution in [0, 0.1) is 11.7 Å². The summed E-state index contributed by atoms with van der Waals surface area (Å²) in [5.41, 5.74) is -0.661. The van der Waals surface area contributed by atoms with Gasteiger partial charge in [0.25, 0.3) is 5.91 Å². The first-order valence-electron chi connectivity index (χ1n) is 7.82. The lowest BCUT2D eigenvalue weighted by Gasteiger charge is -2.17. The summed E-state index contributed by atoms with van der Waals surface area (Å²) in [6, 6.07) is 9.01. The fourth-order valence-electron chi connectivity index (χ4n) is 3.11. The number of nitrogens with zero attached hydrogens (tertiary/aromatic N) is 2. The number of hydrogen-bond acceptors (Lipinski definition) is 4. The molecule has 2 aromatic rings. The van der Waals surface area contributed by atoms with Crippen LogP contribution in [0.4, 0.5) is 23.2 Å². The molecule has 0 bridgehead atoms. The van der Waals surface area contributed by atoms with Gasteiger partial charge in [-0.15, -0.1) is 0 Å². The van der Waals surface area contributed by atoms with E-state index in [0.717, 1.165) is 30.3 Å². The summed E-state index contributed by atoms with van der Waals surface area (Å²) in [5, 5.41) is 3.75. The number of hydrogen-bond donors (Lipinski definition) is 0. The van der Waals surface area contributed by atoms with Crippen LogP contribution in [0.3, 0.4) is 0 Å². The Bertz CT molecular complexity index is 969. The highest BCUT2D eigenvalue weighted by atomic mass is 19.4. The number of oxime groups is 1. The van der Waals surface area contributed by atoms with Crippen LogP contribution in [0.5, 0.6) is 0 Å². The Morgan fingerprint density at radius 2 is 1.70 bits per heavy atom. The second-order valence-electron chi connectivity index (χ2n) is 6.05. The summed E-state index contributed by atoms with van der Waals surface area (Å²) in [7, 11) is 0. The van der Waals surface area contributed by atoms with E-state index in [1.807, 2.05) is 0 Å². The van der Waals surface area contributed by atoms with E-state index in [2.05, 4.69) is 5.16 Å². The van der Waals surface area contributed by atoms with Crippen molar-refractivity contribution in [1.29, 1.82) is 0 Å². The standard InChI is InChI=1S/C18H10F4N2O3/c19-11-6-4-9(5-7-11)14-13-15(27-23-14)17(26)24(16(13)25)12-3-1-2-10(8-12)18(20,21)22/h1-8,13,15H/t13-,15-/m1/s1. The minimum Gasteiger partial charge on any atom is -0.381 e. The number of benzene rings is 2. The third-order valence-electron chi connectivity index (χ3n) is 4.38. The van der Waals surface area contributed by atoms with Crippen LogP contribution in [0.25, 0.3) is 0 Å². The predicted molar refractivity (Wildman–Crippen MR) is 85.2 cm³/mol. The monoisotopic (exact) mass is 378 g/mol. The highest BCUT2D eigenvalue weighted by Gasteiger charge is 2.56. The molecule has 0 N–H and O–H groups in total. The van der Waals surface area contributed by atoms with Crippen LogP contribution >= 0.6 is 0 Å². The van der Waals surface area contributed by atoms with Crippen LogP contribution in [0.1, 0.15) is 11.1 Å². The van der Waals surface area contributed by atoms with E-state index < -0.39 is 41.4 Å². The maximum atomic E-state index is 13.1. The van der Waals surface area contributed by atoms with E-state index in [9.17, 15) is 27.2 Å². The minimum absolute atomic E-state index is 0.132. The van der Waals surface area contributed by atoms with E-state index in [1.165, 1.54) is 18.2 Å². The fourth-order valence-corrected chi connectivity index (χ4v) is 3.11. The topological polar surface area (TPSA) is 59.0 Å². The second kappa shape index (κ2) is 5.90. The summed E-state index contributed by atoms with van der Waals surface area (Å²) in [4.78, 5) is 31.1. The Labute approximate surface area is 149 Å². The molecule has 2 aliphatic heterocycles. The fraction of sp³-hybridized carbons (Fsp3) is 0.167. The first-order chi connectivity index (χ1) is 12.8. The molecular formula is C18H10F4N2O3. The smallest absolute Gasteiger partial charge is 0.381 e. The molecule has 2 aliphatic rings. The Kier molecular flexibility index (Phi) is 3.76. The maximum absolute atomic E-state index is 13.1. The molecule has 27 heavy (non-hydrogen) atoms. The molecule has 0 radical (unpaired) electrons. The molecule has 138 valence electrons. The van der Waals surface area contributed by atoms with Crippen LogP contribution in [0.15, 0.2) is 53.7 Å². The van der Waals surface area contributed by atoms with Gasteiger partial charge in [0.1, 0.15) is 17.4 Å². The van der Waals surface area contributed by atoms with E-state index in [1.54, 1.807) is 0 Å². The largest absolute Gasteiger partial charge is 0.416 e. The van der Waals surface area contributed by atoms with Crippen LogP contribution < -0.4 is 4.90 Å². The quantitative estimate of drug-likeness (QED) is 0.596. The van der Waals surface area contributed by atoms with Crippen LogP contribution in [-0.2, 0) is 20.6 Å². The Morgan fingerprint density at radius 1 is 1.00 bits per heavy atom. The molecule has 0 unspecified atom stereocenters. The van der Waals surface area contributed by atoms with Gasteiger partial charge in [-0.1, -0.05) is 23.4 Å². The van der Waals surface area contributed by atoms with Crippen molar-refractivity contribution >= 4 is 23.2 Å². The number of fused-ring (bicyclic) bond motifs is 1. The van der Waals surface area contributed by atoms with Crippen LogP contribution in [0.2, 0.25) is 0 Å². The third kappa shape index (κ3) is 2.75. The molecule has 9 heteroatoms. The molecule has 0 aliphatic carbocycles. The number of rotatable bonds is 2. The van der Waals surface area contributed by atoms with Gasteiger partial charge in [-0.2, -0.15) is 13.2 Å². The van der Waals surface area contributed by atoms with Crippen molar-refractivity contribution < 1.29 is 32.0 Å². The number of imide groups is 1. The highest BCUT2D eigenvalue weighted by Crippen LogP contribution is 2.37. The molecule has 1 saturated heterocycles. The number of halogens is 4. The van der Waals surface area contributed by atoms with Crippen molar-refractivity contribution in [3.8, 4) is 0 Å². The van der Waals surface area contributed by atoms with Crippen molar-refractivity contribution in [3.05, 3.63) is 65.5 Å². The van der Waals surface area contributed by atoms with Crippen molar-refractivity contribution in [2.24, 2.45) is 11.1 Å². The molecule has 2 atom stereocenters. The Hall–Kier alpha value is -3.23. The highest BCUT2D eigenvalue weighted by molar-refractivity contribution is 6.32. The zero-order valence-corrected chi connectivity index (χ0v) is 13.4. The molecule has 1 fully saturated rings. The summed E-state index contributed by atoms with van der Waals surface area (Å²) in [6.45, 7) is 0. The number of carbonyl (C=O) groups is 2. The molecule has 2 aromatic carbocycles. The van der Waals surface area contributed by atoms with E-state index in [4.69, 9.17) is 4.84 Å². The molecular weight excluding hydrogens is 368 g/mol. The van der Waals surface area contributed by atoms with Gasteiger partial charge in [0.2, 0.25) is 12.0 Å². The predicted octanol–water partition coefficient (Wildman–Crippen LogP) is 3.14. The van der Waals surface area contributed by atoms with Gasteiger partial charge in [-0.05, 0) is 30.3 Å². The molecule has 4 rings (SSSR count). The molecule has 2 amide bonds.